The Hall–Kier alpha value is -3.35. The Balaban J connectivity index is 1.65. The average Bonchev–Trinajstić information content (AvgIpc) is 2.76. The Morgan fingerprint density at radius 1 is 0.969 bits per heavy atom. The van der Waals surface area contributed by atoms with Crippen LogP contribution in [-0.4, -0.2) is 35.5 Å². The second-order valence-electron chi connectivity index (χ2n) is 9.22. The van der Waals surface area contributed by atoms with E-state index in [1.807, 2.05) is 69.3 Å². The van der Waals surface area contributed by atoms with Gasteiger partial charge in [-0.05, 0) is 36.5 Å². The average molecular weight is 438 g/mol. The second-order valence-corrected chi connectivity index (χ2v) is 9.22. The molecule has 0 aliphatic carbocycles. The first-order chi connectivity index (χ1) is 15.1. The molecule has 1 aliphatic rings. The molecule has 0 saturated carbocycles. The molecule has 0 aromatic heterocycles. The van der Waals surface area contributed by atoms with Gasteiger partial charge in [0.25, 0.3) is 5.91 Å². The lowest BCUT2D eigenvalue weighted by molar-refractivity contribution is -0.147. The van der Waals surface area contributed by atoms with Crippen molar-refractivity contribution in [2.75, 3.05) is 0 Å². The highest BCUT2D eigenvalue weighted by atomic mass is 16.5. The Labute approximate surface area is 188 Å². The zero-order valence-corrected chi connectivity index (χ0v) is 19.0. The van der Waals surface area contributed by atoms with E-state index in [2.05, 4.69) is 16.0 Å². The van der Waals surface area contributed by atoms with Crippen LogP contribution < -0.4 is 20.7 Å². The monoisotopic (exact) mass is 437 g/mol. The maximum atomic E-state index is 13.3. The molecule has 1 saturated heterocycles. The maximum Gasteiger partial charge on any atom is 0.251 e. The summed E-state index contributed by atoms with van der Waals surface area (Å²) in [6.45, 7) is 7.32. The van der Waals surface area contributed by atoms with Crippen molar-refractivity contribution in [3.05, 3.63) is 66.2 Å². The van der Waals surface area contributed by atoms with E-state index >= 15 is 0 Å². The number of ether oxygens (including phenoxy) is 1. The van der Waals surface area contributed by atoms with E-state index in [-0.39, 0.29) is 18.2 Å². The summed E-state index contributed by atoms with van der Waals surface area (Å²) in [4.78, 5) is 38.2. The number of carbonyl (C=O) groups excluding carboxylic acids is 3. The highest BCUT2D eigenvalue weighted by Gasteiger charge is 2.50. The molecule has 3 rings (SSSR count). The summed E-state index contributed by atoms with van der Waals surface area (Å²) in [5.41, 5.74) is -0.778. The van der Waals surface area contributed by atoms with Gasteiger partial charge in [0, 0.05) is 6.42 Å². The molecule has 0 bridgehead atoms. The number of β-lactam (4-membered cyclic amide) rings is 1. The summed E-state index contributed by atoms with van der Waals surface area (Å²) in [5.74, 6) is -0.397. The van der Waals surface area contributed by atoms with Gasteiger partial charge in [-0.25, -0.2) is 0 Å². The van der Waals surface area contributed by atoms with Crippen LogP contribution in [-0.2, 0) is 20.8 Å². The smallest absolute Gasteiger partial charge is 0.251 e. The summed E-state index contributed by atoms with van der Waals surface area (Å²) in [6, 6.07) is 17.9. The predicted octanol–water partition coefficient (Wildman–Crippen LogP) is 2.56. The fraction of sp³-hybridized carbons (Fsp3) is 0.400. The summed E-state index contributed by atoms with van der Waals surface area (Å²) in [6.07, 6.45) is 0.158. The SMILES string of the molecule is CC(C)(C)[C@](C)(NC(=O)CCc1ccccc1)C(=O)N[C@@H]1C(=O)N[C@H]1Oc1ccccc1. The molecule has 2 aromatic carbocycles. The third kappa shape index (κ3) is 5.28. The zero-order chi connectivity index (χ0) is 23.4. The third-order valence-corrected chi connectivity index (χ3v) is 5.99. The van der Waals surface area contributed by atoms with Crippen molar-refractivity contribution < 1.29 is 19.1 Å². The predicted molar refractivity (Wildman–Crippen MR) is 122 cm³/mol. The Bertz CT molecular complexity index is 956. The van der Waals surface area contributed by atoms with Gasteiger partial charge in [0.15, 0.2) is 6.04 Å². The van der Waals surface area contributed by atoms with Crippen molar-refractivity contribution in [3.8, 4) is 5.75 Å². The van der Waals surface area contributed by atoms with Crippen molar-refractivity contribution in [1.29, 1.82) is 0 Å². The van der Waals surface area contributed by atoms with Gasteiger partial charge in [-0.3, -0.25) is 14.4 Å². The Morgan fingerprint density at radius 3 is 2.12 bits per heavy atom. The molecule has 2 aromatic rings. The summed E-state index contributed by atoms with van der Waals surface area (Å²) in [7, 11) is 0. The molecule has 1 aliphatic heterocycles. The number of para-hydroxylation sites is 1. The molecule has 7 heteroatoms. The van der Waals surface area contributed by atoms with Crippen LogP contribution >= 0.6 is 0 Å². The van der Waals surface area contributed by atoms with Gasteiger partial charge in [-0.2, -0.15) is 0 Å². The van der Waals surface area contributed by atoms with E-state index in [4.69, 9.17) is 4.74 Å². The Kier molecular flexibility index (Phi) is 6.87. The van der Waals surface area contributed by atoms with Gasteiger partial charge in [-0.15, -0.1) is 0 Å². The van der Waals surface area contributed by atoms with E-state index in [0.717, 1.165) is 5.56 Å². The van der Waals surface area contributed by atoms with Crippen LogP contribution in [0.25, 0.3) is 0 Å². The molecule has 3 atom stereocenters. The fourth-order valence-electron chi connectivity index (χ4n) is 3.35. The minimum atomic E-state index is -1.23. The largest absolute Gasteiger partial charge is 0.468 e. The second kappa shape index (κ2) is 9.42. The molecular formula is C25H31N3O4. The molecule has 7 nitrogen and oxygen atoms in total. The summed E-state index contributed by atoms with van der Waals surface area (Å²) in [5, 5.41) is 8.34. The van der Waals surface area contributed by atoms with Crippen LogP contribution in [0.5, 0.6) is 5.75 Å². The molecular weight excluding hydrogens is 406 g/mol. The van der Waals surface area contributed by atoms with E-state index in [0.29, 0.717) is 12.2 Å². The fourth-order valence-corrected chi connectivity index (χ4v) is 3.35. The molecule has 0 unspecified atom stereocenters. The normalized spacial score (nSPS) is 19.7. The summed E-state index contributed by atoms with van der Waals surface area (Å²) >= 11 is 0. The number of hydrogen-bond donors (Lipinski definition) is 3. The van der Waals surface area contributed by atoms with Gasteiger partial charge < -0.3 is 20.7 Å². The molecule has 3 N–H and O–H groups in total. The quantitative estimate of drug-likeness (QED) is 0.553. The highest BCUT2D eigenvalue weighted by molar-refractivity contribution is 5.97. The van der Waals surface area contributed by atoms with Crippen molar-refractivity contribution in [1.82, 2.24) is 16.0 Å². The Morgan fingerprint density at radius 2 is 1.56 bits per heavy atom. The first-order valence-electron chi connectivity index (χ1n) is 10.8. The number of benzene rings is 2. The van der Waals surface area contributed by atoms with E-state index in [9.17, 15) is 14.4 Å². The van der Waals surface area contributed by atoms with Crippen LogP contribution in [0.1, 0.15) is 39.7 Å². The van der Waals surface area contributed by atoms with E-state index < -0.39 is 29.1 Å². The van der Waals surface area contributed by atoms with Crippen molar-refractivity contribution >= 4 is 17.7 Å². The van der Waals surface area contributed by atoms with E-state index in [1.54, 1.807) is 19.1 Å². The number of nitrogens with one attached hydrogen (secondary N) is 3. The maximum absolute atomic E-state index is 13.3. The van der Waals surface area contributed by atoms with Crippen LogP contribution in [0.3, 0.4) is 0 Å². The lowest BCUT2D eigenvalue weighted by Gasteiger charge is -2.44. The van der Waals surface area contributed by atoms with Gasteiger partial charge >= 0.3 is 0 Å². The van der Waals surface area contributed by atoms with Crippen molar-refractivity contribution in [3.63, 3.8) is 0 Å². The molecule has 32 heavy (non-hydrogen) atoms. The van der Waals surface area contributed by atoms with Crippen LogP contribution in [0.15, 0.2) is 60.7 Å². The molecule has 0 radical (unpaired) electrons. The number of rotatable bonds is 8. The molecule has 1 heterocycles. The van der Waals surface area contributed by atoms with E-state index in [1.165, 1.54) is 0 Å². The van der Waals surface area contributed by atoms with Crippen molar-refractivity contribution in [2.45, 2.75) is 58.3 Å². The highest BCUT2D eigenvalue weighted by Crippen LogP contribution is 2.31. The van der Waals surface area contributed by atoms with Gasteiger partial charge in [-0.1, -0.05) is 69.3 Å². The van der Waals surface area contributed by atoms with Gasteiger partial charge in [0.05, 0.1) is 0 Å². The van der Waals surface area contributed by atoms with Crippen LogP contribution in [0.4, 0.5) is 0 Å². The third-order valence-electron chi connectivity index (χ3n) is 5.99. The first kappa shape index (κ1) is 23.3. The zero-order valence-electron chi connectivity index (χ0n) is 19.0. The van der Waals surface area contributed by atoms with Crippen molar-refractivity contribution in [2.24, 2.45) is 5.41 Å². The lowest BCUT2D eigenvalue weighted by Crippen LogP contribution is -2.74. The number of aryl methyl sites for hydroxylation is 1. The molecule has 170 valence electrons. The van der Waals surface area contributed by atoms with Gasteiger partial charge in [0.1, 0.15) is 11.3 Å². The van der Waals surface area contributed by atoms with Crippen LogP contribution in [0, 0.1) is 5.41 Å². The lowest BCUT2D eigenvalue weighted by atomic mass is 9.73. The van der Waals surface area contributed by atoms with Crippen LogP contribution in [0.2, 0.25) is 0 Å². The molecule has 1 fully saturated rings. The number of amides is 3. The van der Waals surface area contributed by atoms with Gasteiger partial charge in [0.2, 0.25) is 18.0 Å². The number of carbonyl (C=O) groups is 3. The minimum absolute atomic E-state index is 0.225. The topological polar surface area (TPSA) is 96.5 Å². The number of hydrogen-bond acceptors (Lipinski definition) is 4. The summed E-state index contributed by atoms with van der Waals surface area (Å²) < 4.78 is 5.77. The molecule has 3 amide bonds. The first-order valence-corrected chi connectivity index (χ1v) is 10.8. The standard InChI is InChI=1S/C25H31N3O4/c1-24(2,3)25(4,28-19(29)16-15-17-11-7-5-8-12-17)23(31)26-20-21(30)27-22(20)32-18-13-9-6-10-14-18/h5-14,20,22H,15-16H2,1-4H3,(H,26,31)(H,27,30)(H,28,29)/t20-,22+,25-/m1/s1. The minimum Gasteiger partial charge on any atom is -0.468 e. The molecule has 0 spiro atoms.